The summed E-state index contributed by atoms with van der Waals surface area (Å²) in [6.45, 7) is 2.81. The number of nitrogens with zero attached hydrogens (tertiary/aromatic N) is 2. The van der Waals surface area contributed by atoms with Crippen LogP contribution >= 0.6 is 24.0 Å². The predicted octanol–water partition coefficient (Wildman–Crippen LogP) is 3.70. The van der Waals surface area contributed by atoms with Gasteiger partial charge in [0.15, 0.2) is 5.96 Å². The molecule has 1 aliphatic carbocycles. The summed E-state index contributed by atoms with van der Waals surface area (Å²) in [5.74, 6) is -0.0329. The van der Waals surface area contributed by atoms with E-state index in [1.807, 2.05) is 0 Å². The lowest BCUT2D eigenvalue weighted by Gasteiger charge is -2.36. The van der Waals surface area contributed by atoms with Crippen LogP contribution in [0.3, 0.4) is 0 Å². The largest absolute Gasteiger partial charge is 0.356 e. The van der Waals surface area contributed by atoms with Crippen molar-refractivity contribution in [3.8, 4) is 0 Å². The number of aliphatic imine (C=N–C) groups is 1. The van der Waals surface area contributed by atoms with Crippen LogP contribution < -0.4 is 10.6 Å². The predicted molar refractivity (Wildman–Crippen MR) is 117 cm³/mol. The third-order valence-electron chi connectivity index (χ3n) is 5.63. The van der Waals surface area contributed by atoms with E-state index in [0.717, 1.165) is 44.0 Å². The molecule has 0 bridgehead atoms. The Morgan fingerprint density at radius 1 is 1.15 bits per heavy atom. The number of benzene rings is 1. The SMILES string of the molecule is CN=C(NCCc1cc(F)ccc1F)NC1CCN(C2CCCC2)CC1.I. The summed E-state index contributed by atoms with van der Waals surface area (Å²) in [4.78, 5) is 6.91. The van der Waals surface area contributed by atoms with E-state index in [0.29, 0.717) is 24.6 Å². The number of hydrogen-bond acceptors (Lipinski definition) is 2. The van der Waals surface area contributed by atoms with E-state index >= 15 is 0 Å². The van der Waals surface area contributed by atoms with Crippen LogP contribution in [0.2, 0.25) is 0 Å². The van der Waals surface area contributed by atoms with Crippen molar-refractivity contribution in [2.24, 2.45) is 4.99 Å². The van der Waals surface area contributed by atoms with Gasteiger partial charge in [-0.15, -0.1) is 24.0 Å². The molecule has 2 fully saturated rings. The number of likely N-dealkylation sites (tertiary alicyclic amines) is 1. The Hall–Kier alpha value is -0.960. The number of halogens is 3. The van der Waals surface area contributed by atoms with Gasteiger partial charge in [-0.2, -0.15) is 0 Å². The third-order valence-corrected chi connectivity index (χ3v) is 5.63. The van der Waals surface area contributed by atoms with Crippen LogP contribution in [0, 0.1) is 11.6 Å². The number of hydrogen-bond donors (Lipinski definition) is 2. The highest BCUT2D eigenvalue weighted by Crippen LogP contribution is 2.26. The first kappa shape index (κ1) is 22.3. The average Bonchev–Trinajstić information content (AvgIpc) is 3.19. The molecular formula is C20H31F2IN4. The molecule has 0 radical (unpaired) electrons. The number of nitrogens with one attached hydrogen (secondary N) is 2. The topological polar surface area (TPSA) is 39.7 Å². The normalized spacial score (nSPS) is 19.7. The molecule has 1 saturated heterocycles. The van der Waals surface area contributed by atoms with E-state index in [-0.39, 0.29) is 29.8 Å². The van der Waals surface area contributed by atoms with Crippen LogP contribution in [0.4, 0.5) is 8.78 Å². The molecule has 2 aliphatic rings. The van der Waals surface area contributed by atoms with Gasteiger partial charge in [0.25, 0.3) is 0 Å². The fourth-order valence-electron chi connectivity index (χ4n) is 4.12. The van der Waals surface area contributed by atoms with Gasteiger partial charge in [0.1, 0.15) is 11.6 Å². The van der Waals surface area contributed by atoms with E-state index in [1.54, 1.807) is 7.05 Å². The quantitative estimate of drug-likeness (QED) is 0.374. The Balaban J connectivity index is 0.00000261. The van der Waals surface area contributed by atoms with Crippen molar-refractivity contribution in [2.45, 2.75) is 57.0 Å². The lowest BCUT2D eigenvalue weighted by Crippen LogP contribution is -2.50. The maximum atomic E-state index is 13.7. The number of rotatable bonds is 5. The number of guanidine groups is 1. The zero-order valence-corrected chi connectivity index (χ0v) is 18.3. The van der Waals surface area contributed by atoms with Gasteiger partial charge < -0.3 is 15.5 Å². The zero-order chi connectivity index (χ0) is 18.4. The van der Waals surface area contributed by atoms with Crippen LogP contribution in [0.15, 0.2) is 23.2 Å². The zero-order valence-electron chi connectivity index (χ0n) is 16.0. The second-order valence-electron chi connectivity index (χ2n) is 7.38. The first-order valence-corrected chi connectivity index (χ1v) is 9.81. The van der Waals surface area contributed by atoms with Crippen molar-refractivity contribution in [3.63, 3.8) is 0 Å². The summed E-state index contributed by atoms with van der Waals surface area (Å²) in [6.07, 6.45) is 8.14. The van der Waals surface area contributed by atoms with Gasteiger partial charge >= 0.3 is 0 Å². The highest BCUT2D eigenvalue weighted by atomic mass is 127. The Morgan fingerprint density at radius 2 is 1.85 bits per heavy atom. The van der Waals surface area contributed by atoms with E-state index < -0.39 is 5.82 Å². The highest BCUT2D eigenvalue weighted by molar-refractivity contribution is 14.0. The Bertz CT molecular complexity index is 612. The van der Waals surface area contributed by atoms with E-state index in [9.17, 15) is 8.78 Å². The molecular weight excluding hydrogens is 461 g/mol. The molecule has 7 heteroatoms. The highest BCUT2D eigenvalue weighted by Gasteiger charge is 2.27. The van der Waals surface area contributed by atoms with Gasteiger partial charge in [-0.05, 0) is 55.9 Å². The van der Waals surface area contributed by atoms with Crippen molar-refractivity contribution in [1.82, 2.24) is 15.5 Å². The summed E-state index contributed by atoms with van der Waals surface area (Å²) >= 11 is 0. The molecule has 2 N–H and O–H groups in total. The molecule has 0 spiro atoms. The molecule has 1 aromatic carbocycles. The maximum Gasteiger partial charge on any atom is 0.191 e. The summed E-state index contributed by atoms with van der Waals surface area (Å²) in [5.41, 5.74) is 0.387. The standard InChI is InChI=1S/C20H30F2N4.HI/c1-23-20(24-11-8-15-14-16(21)6-7-19(15)22)25-17-9-12-26(13-10-17)18-4-2-3-5-18;/h6-7,14,17-18H,2-5,8-13H2,1H3,(H2,23,24,25);1H. The van der Waals surface area contributed by atoms with Crippen LogP contribution in [0.5, 0.6) is 0 Å². The van der Waals surface area contributed by atoms with Crippen molar-refractivity contribution < 1.29 is 8.78 Å². The fourth-order valence-corrected chi connectivity index (χ4v) is 4.12. The van der Waals surface area contributed by atoms with Gasteiger partial charge in [-0.25, -0.2) is 8.78 Å². The Labute approximate surface area is 178 Å². The minimum atomic E-state index is -0.405. The van der Waals surface area contributed by atoms with Gasteiger partial charge in [0, 0.05) is 38.8 Å². The van der Waals surface area contributed by atoms with E-state index in [2.05, 4.69) is 20.5 Å². The molecule has 0 aromatic heterocycles. The van der Waals surface area contributed by atoms with Crippen molar-refractivity contribution in [1.29, 1.82) is 0 Å². The minimum absolute atomic E-state index is 0. The molecule has 0 unspecified atom stereocenters. The van der Waals surface area contributed by atoms with Gasteiger partial charge in [0.2, 0.25) is 0 Å². The van der Waals surface area contributed by atoms with Crippen LogP contribution in [-0.4, -0.2) is 49.6 Å². The lowest BCUT2D eigenvalue weighted by atomic mass is 10.0. The summed E-state index contributed by atoms with van der Waals surface area (Å²) in [7, 11) is 1.74. The molecule has 4 nitrogen and oxygen atoms in total. The molecule has 1 aromatic rings. The lowest BCUT2D eigenvalue weighted by molar-refractivity contribution is 0.150. The molecule has 1 aliphatic heterocycles. The minimum Gasteiger partial charge on any atom is -0.356 e. The summed E-state index contributed by atoms with van der Waals surface area (Å²) in [6, 6.07) is 4.80. The van der Waals surface area contributed by atoms with Gasteiger partial charge in [-0.1, -0.05) is 12.8 Å². The molecule has 1 saturated carbocycles. The van der Waals surface area contributed by atoms with Crippen molar-refractivity contribution in [3.05, 3.63) is 35.4 Å². The summed E-state index contributed by atoms with van der Waals surface area (Å²) in [5, 5.41) is 6.69. The Morgan fingerprint density at radius 3 is 2.52 bits per heavy atom. The molecule has 0 atom stereocenters. The van der Waals surface area contributed by atoms with Crippen LogP contribution in [0.1, 0.15) is 44.1 Å². The van der Waals surface area contributed by atoms with Gasteiger partial charge in [0.05, 0.1) is 0 Å². The molecule has 1 heterocycles. The monoisotopic (exact) mass is 492 g/mol. The van der Waals surface area contributed by atoms with E-state index in [1.165, 1.54) is 37.8 Å². The molecule has 27 heavy (non-hydrogen) atoms. The second-order valence-corrected chi connectivity index (χ2v) is 7.38. The Kier molecular flexibility index (Phi) is 9.21. The fraction of sp³-hybridized carbons (Fsp3) is 0.650. The van der Waals surface area contributed by atoms with Crippen molar-refractivity contribution >= 4 is 29.9 Å². The van der Waals surface area contributed by atoms with Crippen LogP contribution in [-0.2, 0) is 6.42 Å². The second kappa shape index (κ2) is 11.1. The first-order valence-electron chi connectivity index (χ1n) is 9.81. The van der Waals surface area contributed by atoms with E-state index in [4.69, 9.17) is 0 Å². The molecule has 3 rings (SSSR count). The van der Waals surface area contributed by atoms with Crippen molar-refractivity contribution in [2.75, 3.05) is 26.7 Å². The maximum absolute atomic E-state index is 13.7. The average molecular weight is 492 g/mol. The third kappa shape index (κ3) is 6.55. The number of piperidine rings is 1. The molecule has 152 valence electrons. The first-order chi connectivity index (χ1) is 12.7. The van der Waals surface area contributed by atoms with Crippen LogP contribution in [0.25, 0.3) is 0 Å². The van der Waals surface area contributed by atoms with Gasteiger partial charge in [-0.3, -0.25) is 4.99 Å². The molecule has 0 amide bonds. The smallest absolute Gasteiger partial charge is 0.191 e. The summed E-state index contributed by atoms with van der Waals surface area (Å²) < 4.78 is 26.9.